The maximum absolute atomic E-state index is 14.4. The minimum absolute atomic E-state index is 0.00473. The minimum Gasteiger partial charge on any atom is -0.324 e. The second kappa shape index (κ2) is 8.28. The van der Waals surface area contributed by atoms with Gasteiger partial charge in [0.1, 0.15) is 5.54 Å². The zero-order chi connectivity index (χ0) is 25.2. The number of carbonyl (C=O) groups is 2. The average Bonchev–Trinajstić information content (AvgIpc) is 3.52. The number of Topliss-reactive ketones (excluding diaryl/α,β-unsaturated/α-hetero) is 1. The van der Waals surface area contributed by atoms with Crippen LogP contribution in [-0.2, 0) is 10.3 Å². The SMILES string of the molecule is Cc1ccc(C(=O)C2C(c3ccc([N+](=O)[O-])cc3)C3CSCN3C23C(=O)Nc2ccc(C)cc23)cc1. The maximum atomic E-state index is 14.4. The number of hydrogen-bond donors (Lipinski definition) is 1. The summed E-state index contributed by atoms with van der Waals surface area (Å²) in [6, 6.07) is 19.8. The number of thioether (sulfide) groups is 1. The summed E-state index contributed by atoms with van der Waals surface area (Å²) < 4.78 is 0. The number of hydrogen-bond acceptors (Lipinski definition) is 6. The summed E-state index contributed by atoms with van der Waals surface area (Å²) in [5, 5.41) is 14.4. The van der Waals surface area contributed by atoms with Crippen LogP contribution >= 0.6 is 11.8 Å². The van der Waals surface area contributed by atoms with Crippen molar-refractivity contribution in [1.29, 1.82) is 0 Å². The lowest BCUT2D eigenvalue weighted by atomic mass is 9.69. The third-order valence-electron chi connectivity index (χ3n) is 7.88. The predicted octanol–water partition coefficient (Wildman–Crippen LogP) is 5.03. The van der Waals surface area contributed by atoms with E-state index in [1.54, 1.807) is 23.9 Å². The number of nitrogens with one attached hydrogen (secondary N) is 1. The highest BCUT2D eigenvalue weighted by Gasteiger charge is 2.69. The van der Waals surface area contributed by atoms with Gasteiger partial charge in [-0.3, -0.25) is 24.6 Å². The van der Waals surface area contributed by atoms with Gasteiger partial charge in [-0.2, -0.15) is 0 Å². The topological polar surface area (TPSA) is 92.5 Å². The van der Waals surface area contributed by atoms with E-state index in [1.165, 1.54) is 12.1 Å². The number of nitro groups is 1. The fourth-order valence-electron chi connectivity index (χ4n) is 6.28. The molecule has 2 saturated heterocycles. The van der Waals surface area contributed by atoms with Crippen LogP contribution in [0.2, 0.25) is 0 Å². The summed E-state index contributed by atoms with van der Waals surface area (Å²) in [5.41, 5.74) is 3.93. The van der Waals surface area contributed by atoms with Crippen molar-refractivity contribution in [1.82, 2.24) is 4.90 Å². The van der Waals surface area contributed by atoms with Crippen molar-refractivity contribution in [3.63, 3.8) is 0 Å². The van der Waals surface area contributed by atoms with Gasteiger partial charge in [0.05, 0.1) is 10.8 Å². The van der Waals surface area contributed by atoms with E-state index < -0.39 is 16.4 Å². The number of nitrogens with zero attached hydrogens (tertiary/aromatic N) is 2. The molecule has 0 saturated carbocycles. The second-order valence-electron chi connectivity index (χ2n) is 9.89. The number of non-ortho nitro benzene ring substituents is 1. The number of fused-ring (bicyclic) bond motifs is 4. The number of nitro benzene ring substituents is 1. The molecule has 0 aliphatic carbocycles. The summed E-state index contributed by atoms with van der Waals surface area (Å²) in [7, 11) is 0. The van der Waals surface area contributed by atoms with Crippen molar-refractivity contribution >= 4 is 34.8 Å². The Kier molecular flexibility index (Phi) is 5.28. The number of anilines is 1. The van der Waals surface area contributed by atoms with Gasteiger partial charge in [0.25, 0.3) is 5.69 Å². The number of benzene rings is 3. The van der Waals surface area contributed by atoms with Gasteiger partial charge in [-0.25, -0.2) is 0 Å². The zero-order valence-electron chi connectivity index (χ0n) is 19.9. The first-order chi connectivity index (χ1) is 17.3. The van der Waals surface area contributed by atoms with Gasteiger partial charge in [-0.1, -0.05) is 59.7 Å². The van der Waals surface area contributed by atoms with Crippen LogP contribution in [0.15, 0.2) is 66.7 Å². The highest BCUT2D eigenvalue weighted by molar-refractivity contribution is 7.99. The molecule has 182 valence electrons. The largest absolute Gasteiger partial charge is 0.324 e. The summed E-state index contributed by atoms with van der Waals surface area (Å²) in [6.07, 6.45) is 0. The van der Waals surface area contributed by atoms with E-state index in [1.807, 2.05) is 56.3 Å². The van der Waals surface area contributed by atoms with Gasteiger partial charge in [0, 0.05) is 52.5 Å². The highest BCUT2D eigenvalue weighted by atomic mass is 32.2. The number of amides is 1. The van der Waals surface area contributed by atoms with Crippen molar-refractivity contribution < 1.29 is 14.5 Å². The Balaban J connectivity index is 1.59. The molecular weight excluding hydrogens is 474 g/mol. The molecule has 6 rings (SSSR count). The molecule has 0 radical (unpaired) electrons. The molecular formula is C28H25N3O4S. The molecule has 4 unspecified atom stereocenters. The lowest BCUT2D eigenvalue weighted by Gasteiger charge is -2.36. The lowest BCUT2D eigenvalue weighted by Crippen LogP contribution is -2.52. The van der Waals surface area contributed by atoms with Gasteiger partial charge in [-0.05, 0) is 25.5 Å². The Morgan fingerprint density at radius 3 is 2.44 bits per heavy atom. The molecule has 3 aliphatic heterocycles. The van der Waals surface area contributed by atoms with Crippen molar-refractivity contribution in [3.8, 4) is 0 Å². The number of ketones is 1. The summed E-state index contributed by atoms with van der Waals surface area (Å²) in [4.78, 5) is 41.5. The van der Waals surface area contributed by atoms with Crippen LogP contribution in [0.25, 0.3) is 0 Å². The molecule has 2 fully saturated rings. The summed E-state index contributed by atoms with van der Waals surface area (Å²) in [6.45, 7) is 3.97. The molecule has 3 aliphatic rings. The molecule has 1 N–H and O–H groups in total. The normalized spacial score (nSPS) is 26.6. The average molecular weight is 500 g/mol. The van der Waals surface area contributed by atoms with Gasteiger partial charge in [0.2, 0.25) is 5.91 Å². The number of rotatable bonds is 4. The van der Waals surface area contributed by atoms with Gasteiger partial charge >= 0.3 is 0 Å². The second-order valence-corrected chi connectivity index (χ2v) is 10.9. The Morgan fingerprint density at radius 2 is 1.75 bits per heavy atom. The highest BCUT2D eigenvalue weighted by Crippen LogP contribution is 2.61. The van der Waals surface area contributed by atoms with Crippen LogP contribution in [0, 0.1) is 29.9 Å². The Labute approximate surface area is 213 Å². The first-order valence-electron chi connectivity index (χ1n) is 11.9. The standard InChI is InChI=1S/C28H25N3O4S/c1-16-3-6-19(7-4-16)26(32)25-24(18-8-10-20(11-9-18)31(34)35)23-14-36-15-30(23)28(25)21-13-17(2)5-12-22(21)29-27(28)33/h3-13,23-25H,14-15H2,1-2H3,(H,29,33). The van der Waals surface area contributed by atoms with E-state index in [2.05, 4.69) is 10.2 Å². The van der Waals surface area contributed by atoms with Crippen LogP contribution < -0.4 is 5.32 Å². The molecule has 3 aromatic rings. The molecule has 1 spiro atoms. The first-order valence-corrected chi connectivity index (χ1v) is 13.1. The Hall–Kier alpha value is -3.49. The fraction of sp³-hybridized carbons (Fsp3) is 0.286. The van der Waals surface area contributed by atoms with Crippen molar-refractivity contribution in [2.24, 2.45) is 5.92 Å². The first kappa shape index (κ1) is 22.9. The van der Waals surface area contributed by atoms with E-state index in [-0.39, 0.29) is 29.3 Å². The number of aryl methyl sites for hydroxylation is 2. The molecule has 3 aromatic carbocycles. The van der Waals surface area contributed by atoms with E-state index in [0.717, 1.165) is 33.7 Å². The monoisotopic (exact) mass is 499 g/mol. The summed E-state index contributed by atoms with van der Waals surface area (Å²) in [5.74, 6) is 0.164. The van der Waals surface area contributed by atoms with Gasteiger partial charge in [-0.15, -0.1) is 11.8 Å². The summed E-state index contributed by atoms with van der Waals surface area (Å²) >= 11 is 1.75. The van der Waals surface area contributed by atoms with Crippen LogP contribution in [0.5, 0.6) is 0 Å². The quantitative estimate of drug-likeness (QED) is 0.308. The van der Waals surface area contributed by atoms with Gasteiger partial charge in [0.15, 0.2) is 5.78 Å². The van der Waals surface area contributed by atoms with Crippen molar-refractivity contribution in [2.75, 3.05) is 16.9 Å². The van der Waals surface area contributed by atoms with Gasteiger partial charge < -0.3 is 5.32 Å². The van der Waals surface area contributed by atoms with Crippen LogP contribution in [0.3, 0.4) is 0 Å². The molecule has 1 amide bonds. The molecule has 3 heterocycles. The molecule has 4 atom stereocenters. The zero-order valence-corrected chi connectivity index (χ0v) is 20.7. The van der Waals surface area contributed by atoms with Crippen molar-refractivity contribution in [2.45, 2.75) is 31.3 Å². The van der Waals surface area contributed by atoms with E-state index >= 15 is 0 Å². The molecule has 0 bridgehead atoms. The smallest absolute Gasteiger partial charge is 0.269 e. The molecule has 8 heteroatoms. The van der Waals surface area contributed by atoms with Crippen LogP contribution in [0.1, 0.15) is 38.5 Å². The third-order valence-corrected chi connectivity index (χ3v) is 8.92. The van der Waals surface area contributed by atoms with Crippen molar-refractivity contribution in [3.05, 3.63) is 105 Å². The predicted molar refractivity (Wildman–Crippen MR) is 139 cm³/mol. The molecule has 0 aromatic heterocycles. The Morgan fingerprint density at radius 1 is 1.06 bits per heavy atom. The van der Waals surface area contributed by atoms with E-state index in [0.29, 0.717) is 11.4 Å². The van der Waals surface area contributed by atoms with Crippen LogP contribution in [-0.4, -0.2) is 39.2 Å². The van der Waals surface area contributed by atoms with Crippen LogP contribution in [0.4, 0.5) is 11.4 Å². The van der Waals surface area contributed by atoms with E-state index in [9.17, 15) is 19.7 Å². The molecule has 36 heavy (non-hydrogen) atoms. The minimum atomic E-state index is -1.15. The number of carbonyl (C=O) groups excluding carboxylic acids is 2. The fourth-order valence-corrected chi connectivity index (χ4v) is 7.60. The lowest BCUT2D eigenvalue weighted by molar-refractivity contribution is -0.384. The van der Waals surface area contributed by atoms with E-state index in [4.69, 9.17) is 0 Å². The third kappa shape index (κ3) is 3.17. The Bertz CT molecular complexity index is 1410. The maximum Gasteiger partial charge on any atom is 0.269 e. The molecule has 7 nitrogen and oxygen atoms in total.